The number of carbonyl (C=O) groups is 1. The monoisotopic (exact) mass is 400 g/mol. The average molecular weight is 401 g/mol. The number of fused-ring (bicyclic) bond motifs is 1. The van der Waals surface area contributed by atoms with Crippen molar-refractivity contribution in [2.24, 2.45) is 11.8 Å². The van der Waals surface area contributed by atoms with Crippen LogP contribution in [0.3, 0.4) is 0 Å². The van der Waals surface area contributed by atoms with E-state index in [0.29, 0.717) is 5.56 Å². The molecule has 0 radical (unpaired) electrons. The molecule has 0 bridgehead atoms. The molecule has 2 atom stereocenters. The molecule has 0 fully saturated rings. The van der Waals surface area contributed by atoms with Gasteiger partial charge >= 0.3 is 5.97 Å². The molecule has 1 heterocycles. The van der Waals surface area contributed by atoms with Crippen LogP contribution >= 0.6 is 0 Å². The summed E-state index contributed by atoms with van der Waals surface area (Å²) in [6.45, 7) is 7.83. The van der Waals surface area contributed by atoms with Gasteiger partial charge in [0.1, 0.15) is 0 Å². The molecule has 0 aliphatic rings. The second-order valence-electron chi connectivity index (χ2n) is 8.56. The van der Waals surface area contributed by atoms with E-state index in [9.17, 15) is 9.90 Å². The summed E-state index contributed by atoms with van der Waals surface area (Å²) in [7, 11) is 0. The van der Waals surface area contributed by atoms with Crippen LogP contribution in [0.4, 0.5) is 0 Å². The Morgan fingerprint density at radius 3 is 2.24 bits per heavy atom. The molecular weight excluding hydrogens is 360 g/mol. The fourth-order valence-electron chi connectivity index (χ4n) is 4.33. The van der Waals surface area contributed by atoms with Crippen molar-refractivity contribution < 1.29 is 9.90 Å². The lowest BCUT2D eigenvalue weighted by Crippen LogP contribution is -2.06. The fraction of sp³-hybridized carbons (Fsp3) is 0.680. The number of aromatic carboxylic acids is 1. The van der Waals surface area contributed by atoms with Crippen LogP contribution in [0.15, 0.2) is 24.5 Å². The van der Waals surface area contributed by atoms with Crippen LogP contribution in [-0.2, 0) is 6.54 Å². The molecule has 1 N–H and O–H groups in total. The quantitative estimate of drug-likeness (QED) is 0.319. The molecule has 2 rings (SSSR count). The third-order valence-corrected chi connectivity index (χ3v) is 6.49. The fourth-order valence-corrected chi connectivity index (χ4v) is 4.33. The Labute approximate surface area is 176 Å². The van der Waals surface area contributed by atoms with Gasteiger partial charge in [-0.3, -0.25) is 0 Å². The summed E-state index contributed by atoms with van der Waals surface area (Å²) < 4.78 is 2.12. The Morgan fingerprint density at radius 2 is 1.62 bits per heavy atom. The third kappa shape index (κ3) is 7.49. The first-order valence-corrected chi connectivity index (χ1v) is 11.8. The molecular formula is C25H40N2O2. The lowest BCUT2D eigenvalue weighted by atomic mass is 9.91. The normalized spacial score (nSPS) is 13.6. The molecule has 0 spiro atoms. The van der Waals surface area contributed by atoms with E-state index in [4.69, 9.17) is 0 Å². The van der Waals surface area contributed by atoms with Crippen LogP contribution < -0.4 is 0 Å². The van der Waals surface area contributed by atoms with Crippen LogP contribution in [0.5, 0.6) is 0 Å². The van der Waals surface area contributed by atoms with E-state index >= 15 is 0 Å². The van der Waals surface area contributed by atoms with Gasteiger partial charge in [0, 0.05) is 6.54 Å². The van der Waals surface area contributed by atoms with Crippen molar-refractivity contribution in [2.75, 3.05) is 0 Å². The summed E-state index contributed by atoms with van der Waals surface area (Å²) in [4.78, 5) is 15.7. The van der Waals surface area contributed by atoms with E-state index < -0.39 is 5.97 Å². The van der Waals surface area contributed by atoms with Gasteiger partial charge in [-0.25, -0.2) is 9.78 Å². The van der Waals surface area contributed by atoms with Crippen LogP contribution in [0.2, 0.25) is 0 Å². The number of benzene rings is 1. The smallest absolute Gasteiger partial charge is 0.335 e. The maximum absolute atomic E-state index is 11.2. The first-order chi connectivity index (χ1) is 14.1. The first-order valence-electron chi connectivity index (χ1n) is 11.8. The molecule has 1 aromatic carbocycles. The number of rotatable bonds is 15. The Morgan fingerprint density at radius 1 is 0.966 bits per heavy atom. The minimum Gasteiger partial charge on any atom is -0.478 e. The SMILES string of the molecule is CCCCC(CC)CCCCCC(CC)CCn1cnc2ccc(C(=O)O)cc21. The molecule has 0 saturated heterocycles. The van der Waals surface area contributed by atoms with Gasteiger partial charge in [0.05, 0.1) is 22.9 Å². The molecule has 29 heavy (non-hydrogen) atoms. The highest BCUT2D eigenvalue weighted by atomic mass is 16.4. The highest BCUT2D eigenvalue weighted by Gasteiger charge is 2.11. The summed E-state index contributed by atoms with van der Waals surface area (Å²) >= 11 is 0. The van der Waals surface area contributed by atoms with Gasteiger partial charge in [-0.2, -0.15) is 0 Å². The zero-order valence-electron chi connectivity index (χ0n) is 18.7. The number of nitrogens with zero attached hydrogens (tertiary/aromatic N) is 2. The Kier molecular flexibility index (Phi) is 10.2. The largest absolute Gasteiger partial charge is 0.478 e. The number of aryl methyl sites for hydroxylation is 1. The number of aromatic nitrogens is 2. The van der Waals surface area contributed by atoms with Crippen LogP contribution in [0.25, 0.3) is 11.0 Å². The first kappa shape index (κ1) is 23.4. The highest BCUT2D eigenvalue weighted by Crippen LogP contribution is 2.23. The van der Waals surface area contributed by atoms with Crippen LogP contribution in [0, 0.1) is 11.8 Å². The lowest BCUT2D eigenvalue weighted by Gasteiger charge is -2.17. The summed E-state index contributed by atoms with van der Waals surface area (Å²) in [5, 5.41) is 9.23. The van der Waals surface area contributed by atoms with Crippen LogP contribution in [-0.4, -0.2) is 20.6 Å². The summed E-state index contributed by atoms with van der Waals surface area (Å²) in [5.74, 6) is 0.783. The van der Waals surface area contributed by atoms with Gasteiger partial charge in [-0.05, 0) is 36.5 Å². The summed E-state index contributed by atoms with van der Waals surface area (Å²) in [6, 6.07) is 5.17. The summed E-state index contributed by atoms with van der Waals surface area (Å²) in [6.07, 6.45) is 16.4. The highest BCUT2D eigenvalue weighted by molar-refractivity contribution is 5.92. The average Bonchev–Trinajstić information content (AvgIpc) is 3.14. The topological polar surface area (TPSA) is 55.1 Å². The van der Waals surface area contributed by atoms with E-state index in [1.165, 1.54) is 64.2 Å². The molecule has 0 amide bonds. The van der Waals surface area contributed by atoms with E-state index in [1.54, 1.807) is 18.2 Å². The predicted octanol–water partition coefficient (Wildman–Crippen LogP) is 7.32. The van der Waals surface area contributed by atoms with Crippen molar-refractivity contribution >= 4 is 17.0 Å². The minimum absolute atomic E-state index is 0.329. The molecule has 0 aliphatic heterocycles. The van der Waals surface area contributed by atoms with Crippen molar-refractivity contribution in [3.8, 4) is 0 Å². The number of unbranched alkanes of at least 4 members (excludes halogenated alkanes) is 3. The second-order valence-corrected chi connectivity index (χ2v) is 8.56. The number of hydrogen-bond acceptors (Lipinski definition) is 2. The number of carboxylic acid groups (broad SMARTS) is 1. The zero-order chi connectivity index (χ0) is 21.1. The van der Waals surface area contributed by atoms with E-state index in [2.05, 4.69) is 30.3 Å². The van der Waals surface area contributed by atoms with Gasteiger partial charge in [0.2, 0.25) is 0 Å². The zero-order valence-corrected chi connectivity index (χ0v) is 18.7. The molecule has 1 aromatic heterocycles. The van der Waals surface area contributed by atoms with Gasteiger partial charge in [0.15, 0.2) is 0 Å². The van der Waals surface area contributed by atoms with Gasteiger partial charge in [0.25, 0.3) is 0 Å². The third-order valence-electron chi connectivity index (χ3n) is 6.49. The molecule has 4 heteroatoms. The minimum atomic E-state index is -0.883. The van der Waals surface area contributed by atoms with Crippen molar-refractivity contribution in [2.45, 2.75) is 97.9 Å². The van der Waals surface area contributed by atoms with E-state index in [0.717, 1.165) is 35.8 Å². The second kappa shape index (κ2) is 12.7. The molecule has 0 saturated carbocycles. The van der Waals surface area contributed by atoms with E-state index in [1.807, 2.05) is 6.33 Å². The molecule has 162 valence electrons. The van der Waals surface area contributed by atoms with Gasteiger partial charge in [-0.15, -0.1) is 0 Å². The lowest BCUT2D eigenvalue weighted by molar-refractivity contribution is 0.0697. The van der Waals surface area contributed by atoms with Crippen molar-refractivity contribution in [3.05, 3.63) is 30.1 Å². The molecule has 4 nitrogen and oxygen atoms in total. The summed E-state index contributed by atoms with van der Waals surface area (Å²) in [5.41, 5.74) is 2.13. The standard InChI is InChI=1S/C25H40N2O2/c1-4-7-11-20(5-2)12-9-8-10-13-21(6-3)16-17-27-19-26-23-15-14-22(25(28)29)18-24(23)27/h14-15,18-21H,4-13,16-17H2,1-3H3,(H,28,29). The van der Waals surface area contributed by atoms with Crippen molar-refractivity contribution in [1.29, 1.82) is 0 Å². The Hall–Kier alpha value is -1.84. The molecule has 2 aromatic rings. The molecule has 2 unspecified atom stereocenters. The number of hydrogen-bond donors (Lipinski definition) is 1. The number of imidazole rings is 1. The van der Waals surface area contributed by atoms with E-state index in [-0.39, 0.29) is 0 Å². The van der Waals surface area contributed by atoms with Crippen LogP contribution in [0.1, 0.15) is 102 Å². The Bertz CT molecular complexity index is 737. The van der Waals surface area contributed by atoms with Crippen molar-refractivity contribution in [1.82, 2.24) is 9.55 Å². The number of carboxylic acids is 1. The van der Waals surface area contributed by atoms with Gasteiger partial charge < -0.3 is 9.67 Å². The maximum atomic E-state index is 11.2. The molecule has 0 aliphatic carbocycles. The predicted molar refractivity (Wildman–Crippen MR) is 121 cm³/mol. The van der Waals surface area contributed by atoms with Gasteiger partial charge in [-0.1, -0.05) is 85.0 Å². The van der Waals surface area contributed by atoms with Crippen molar-refractivity contribution in [3.63, 3.8) is 0 Å². The maximum Gasteiger partial charge on any atom is 0.335 e. The Balaban J connectivity index is 1.75.